The molecular formula is C19H25BrN2O. The van der Waals surface area contributed by atoms with Crippen LogP contribution in [0.2, 0.25) is 0 Å². The summed E-state index contributed by atoms with van der Waals surface area (Å²) in [6, 6.07) is 10.8. The van der Waals surface area contributed by atoms with Gasteiger partial charge < -0.3 is 15.4 Å². The van der Waals surface area contributed by atoms with E-state index in [-0.39, 0.29) is 0 Å². The molecule has 0 aliphatic heterocycles. The van der Waals surface area contributed by atoms with Crippen LogP contribution in [-0.4, -0.2) is 14.2 Å². The molecule has 0 amide bonds. The van der Waals surface area contributed by atoms with Crippen LogP contribution < -0.4 is 15.4 Å². The summed E-state index contributed by atoms with van der Waals surface area (Å²) in [5.41, 5.74) is 5.83. The van der Waals surface area contributed by atoms with Crippen LogP contribution in [0.15, 0.2) is 34.8 Å². The molecule has 2 rings (SSSR count). The molecule has 23 heavy (non-hydrogen) atoms. The fourth-order valence-corrected chi connectivity index (χ4v) is 2.97. The molecule has 2 aromatic rings. The summed E-state index contributed by atoms with van der Waals surface area (Å²) in [6.07, 6.45) is 0. The maximum atomic E-state index is 5.47. The number of nitrogens with one attached hydrogen (secondary N) is 2. The van der Waals surface area contributed by atoms with E-state index in [2.05, 4.69) is 71.6 Å². The quantitative estimate of drug-likeness (QED) is 0.693. The van der Waals surface area contributed by atoms with Gasteiger partial charge in [-0.05, 0) is 35.6 Å². The van der Waals surface area contributed by atoms with Crippen LogP contribution in [0.25, 0.3) is 0 Å². The molecule has 0 radical (unpaired) electrons. The van der Waals surface area contributed by atoms with Crippen LogP contribution in [0.1, 0.15) is 36.5 Å². The Kier molecular flexibility index (Phi) is 5.94. The van der Waals surface area contributed by atoms with E-state index in [0.29, 0.717) is 5.92 Å². The molecule has 0 saturated heterocycles. The third-order valence-corrected chi connectivity index (χ3v) is 4.90. The number of methoxy groups -OCH3 is 1. The largest absolute Gasteiger partial charge is 0.494 e. The van der Waals surface area contributed by atoms with E-state index in [4.69, 9.17) is 4.74 Å². The monoisotopic (exact) mass is 376 g/mol. The molecule has 0 aliphatic carbocycles. The van der Waals surface area contributed by atoms with Crippen molar-refractivity contribution < 1.29 is 4.74 Å². The van der Waals surface area contributed by atoms with Gasteiger partial charge in [-0.3, -0.25) is 0 Å². The van der Waals surface area contributed by atoms with Gasteiger partial charge in [0, 0.05) is 18.1 Å². The zero-order chi connectivity index (χ0) is 17.0. The summed E-state index contributed by atoms with van der Waals surface area (Å²) < 4.78 is 6.51. The predicted molar refractivity (Wildman–Crippen MR) is 103 cm³/mol. The van der Waals surface area contributed by atoms with E-state index >= 15 is 0 Å². The maximum absolute atomic E-state index is 5.47. The zero-order valence-electron chi connectivity index (χ0n) is 14.5. The fraction of sp³-hybridized carbons (Fsp3) is 0.368. The zero-order valence-corrected chi connectivity index (χ0v) is 16.0. The normalized spacial score (nSPS) is 10.7. The molecule has 0 unspecified atom stereocenters. The lowest BCUT2D eigenvalue weighted by atomic mass is 10.0. The first-order valence-corrected chi connectivity index (χ1v) is 8.64. The van der Waals surface area contributed by atoms with Crippen molar-refractivity contribution in [1.82, 2.24) is 0 Å². The molecule has 0 heterocycles. The van der Waals surface area contributed by atoms with Crippen molar-refractivity contribution in [1.29, 1.82) is 0 Å². The average molecular weight is 377 g/mol. The standard InChI is InChI=1S/C19H25BrN2O/c1-12(2)15-8-6-14(7-9-15)11-22-18-13(3)16(20)10-17(23-5)19(18)21-4/h6-10,12,21-22H,11H2,1-5H3. The van der Waals surface area contributed by atoms with Gasteiger partial charge in [0.15, 0.2) is 0 Å². The Hall–Kier alpha value is -1.68. The van der Waals surface area contributed by atoms with E-state index in [1.807, 2.05) is 13.1 Å². The Bertz CT molecular complexity index is 666. The van der Waals surface area contributed by atoms with E-state index in [1.165, 1.54) is 11.1 Å². The lowest BCUT2D eigenvalue weighted by Gasteiger charge is -2.19. The second-order valence-electron chi connectivity index (χ2n) is 5.94. The lowest BCUT2D eigenvalue weighted by molar-refractivity contribution is 0.416. The molecule has 0 fully saturated rings. The first kappa shape index (κ1) is 17.7. The van der Waals surface area contributed by atoms with Crippen molar-refractivity contribution in [3.05, 3.63) is 51.5 Å². The number of anilines is 2. The van der Waals surface area contributed by atoms with Gasteiger partial charge in [-0.15, -0.1) is 0 Å². The van der Waals surface area contributed by atoms with Crippen LogP contribution in [0.5, 0.6) is 5.75 Å². The SMILES string of the molecule is CNc1c(OC)cc(Br)c(C)c1NCc1ccc(C(C)C)cc1. The van der Waals surface area contributed by atoms with E-state index in [9.17, 15) is 0 Å². The smallest absolute Gasteiger partial charge is 0.145 e. The van der Waals surface area contributed by atoms with Crippen molar-refractivity contribution in [2.24, 2.45) is 0 Å². The Morgan fingerprint density at radius 1 is 1.13 bits per heavy atom. The van der Waals surface area contributed by atoms with Gasteiger partial charge in [0.05, 0.1) is 12.8 Å². The highest BCUT2D eigenvalue weighted by Crippen LogP contribution is 2.39. The van der Waals surface area contributed by atoms with Crippen LogP contribution >= 0.6 is 15.9 Å². The molecule has 2 N–H and O–H groups in total. The third-order valence-electron chi connectivity index (χ3n) is 4.07. The number of ether oxygens (including phenoxy) is 1. The van der Waals surface area contributed by atoms with Crippen LogP contribution in [-0.2, 0) is 6.54 Å². The molecule has 0 aliphatic rings. The molecule has 3 nitrogen and oxygen atoms in total. The van der Waals surface area contributed by atoms with Gasteiger partial charge in [-0.2, -0.15) is 0 Å². The number of halogens is 1. The van der Waals surface area contributed by atoms with Gasteiger partial charge >= 0.3 is 0 Å². The maximum Gasteiger partial charge on any atom is 0.145 e. The van der Waals surface area contributed by atoms with Crippen LogP contribution in [0, 0.1) is 6.92 Å². The number of benzene rings is 2. The predicted octanol–water partition coefficient (Wildman–Crippen LogP) is 5.54. The highest BCUT2D eigenvalue weighted by molar-refractivity contribution is 9.10. The molecule has 0 saturated carbocycles. The number of hydrogen-bond donors (Lipinski definition) is 2. The molecule has 2 aromatic carbocycles. The second-order valence-corrected chi connectivity index (χ2v) is 6.79. The van der Waals surface area contributed by atoms with E-state index in [1.54, 1.807) is 7.11 Å². The molecule has 4 heteroatoms. The van der Waals surface area contributed by atoms with Crippen molar-refractivity contribution in [3.8, 4) is 5.75 Å². The molecular weight excluding hydrogens is 352 g/mol. The summed E-state index contributed by atoms with van der Waals surface area (Å²) >= 11 is 3.60. The minimum Gasteiger partial charge on any atom is -0.494 e. The third kappa shape index (κ3) is 3.99. The molecule has 0 aromatic heterocycles. The summed E-state index contributed by atoms with van der Waals surface area (Å²) in [4.78, 5) is 0. The molecule has 124 valence electrons. The van der Waals surface area contributed by atoms with E-state index < -0.39 is 0 Å². The summed E-state index contributed by atoms with van der Waals surface area (Å²) in [5.74, 6) is 1.38. The lowest BCUT2D eigenvalue weighted by Crippen LogP contribution is -2.06. The first-order chi connectivity index (χ1) is 11.0. The van der Waals surface area contributed by atoms with Crippen molar-refractivity contribution in [2.75, 3.05) is 24.8 Å². The van der Waals surface area contributed by atoms with Gasteiger partial charge in [0.1, 0.15) is 11.4 Å². The number of hydrogen-bond acceptors (Lipinski definition) is 3. The number of rotatable bonds is 6. The van der Waals surface area contributed by atoms with Crippen molar-refractivity contribution in [2.45, 2.75) is 33.2 Å². The second kappa shape index (κ2) is 7.73. The molecule has 0 bridgehead atoms. The van der Waals surface area contributed by atoms with Crippen LogP contribution in [0.3, 0.4) is 0 Å². The highest BCUT2D eigenvalue weighted by Gasteiger charge is 2.14. The topological polar surface area (TPSA) is 33.3 Å². The Labute approximate surface area is 147 Å². The summed E-state index contributed by atoms with van der Waals surface area (Å²) in [7, 11) is 3.60. The van der Waals surface area contributed by atoms with Gasteiger partial charge in [0.2, 0.25) is 0 Å². The minimum atomic E-state index is 0.560. The summed E-state index contributed by atoms with van der Waals surface area (Å²) in [5, 5.41) is 6.78. The van der Waals surface area contributed by atoms with Crippen molar-refractivity contribution in [3.63, 3.8) is 0 Å². The Balaban J connectivity index is 2.24. The molecule has 0 spiro atoms. The van der Waals surface area contributed by atoms with Gasteiger partial charge in [-0.1, -0.05) is 54.0 Å². The Morgan fingerprint density at radius 2 is 1.78 bits per heavy atom. The average Bonchev–Trinajstić information content (AvgIpc) is 2.55. The molecule has 0 atom stereocenters. The van der Waals surface area contributed by atoms with Gasteiger partial charge in [0.25, 0.3) is 0 Å². The minimum absolute atomic E-state index is 0.560. The van der Waals surface area contributed by atoms with Crippen molar-refractivity contribution >= 4 is 27.3 Å². The van der Waals surface area contributed by atoms with Gasteiger partial charge in [-0.25, -0.2) is 0 Å². The van der Waals surface area contributed by atoms with Crippen LogP contribution in [0.4, 0.5) is 11.4 Å². The first-order valence-electron chi connectivity index (χ1n) is 7.85. The highest BCUT2D eigenvalue weighted by atomic mass is 79.9. The summed E-state index contributed by atoms with van der Waals surface area (Å²) in [6.45, 7) is 7.29. The fourth-order valence-electron chi connectivity index (χ4n) is 2.57. The Morgan fingerprint density at radius 3 is 2.30 bits per heavy atom. The van der Waals surface area contributed by atoms with E-state index in [0.717, 1.165) is 33.7 Å².